The second-order valence-electron chi connectivity index (χ2n) is 5.71. The number of benzene rings is 2. The fourth-order valence-electron chi connectivity index (χ4n) is 2.54. The predicted molar refractivity (Wildman–Crippen MR) is 92.8 cm³/mol. The smallest absolute Gasteiger partial charge is 0.231 e. The minimum atomic E-state index is -0.381. The molecule has 0 atom stereocenters. The van der Waals surface area contributed by atoms with Gasteiger partial charge in [-0.25, -0.2) is 0 Å². The van der Waals surface area contributed by atoms with Crippen LogP contribution in [-0.2, 0) is 17.9 Å². The van der Waals surface area contributed by atoms with Gasteiger partial charge in [-0.15, -0.1) is 0 Å². The SMILES string of the molecule is NC(=O)CN(Cc1cnoc1)Cc1cccc(Oc2ccccc2)c1. The summed E-state index contributed by atoms with van der Waals surface area (Å²) in [4.78, 5) is 13.3. The molecule has 25 heavy (non-hydrogen) atoms. The van der Waals surface area contributed by atoms with Crippen molar-refractivity contribution in [2.75, 3.05) is 6.54 Å². The van der Waals surface area contributed by atoms with Crippen molar-refractivity contribution in [3.63, 3.8) is 0 Å². The Morgan fingerprint density at radius 2 is 1.80 bits per heavy atom. The van der Waals surface area contributed by atoms with Gasteiger partial charge in [0.2, 0.25) is 5.91 Å². The van der Waals surface area contributed by atoms with E-state index in [4.69, 9.17) is 15.0 Å². The zero-order chi connectivity index (χ0) is 17.5. The number of hydrogen-bond acceptors (Lipinski definition) is 5. The second-order valence-corrected chi connectivity index (χ2v) is 5.71. The Bertz CT molecular complexity index is 804. The number of carbonyl (C=O) groups is 1. The Hall–Kier alpha value is -3.12. The number of nitrogens with two attached hydrogens (primary N) is 1. The molecular formula is C19H19N3O3. The van der Waals surface area contributed by atoms with Gasteiger partial charge in [0.05, 0.1) is 12.7 Å². The number of ether oxygens (including phenoxy) is 1. The van der Waals surface area contributed by atoms with Crippen molar-refractivity contribution in [3.8, 4) is 11.5 Å². The van der Waals surface area contributed by atoms with Crippen LogP contribution in [0.2, 0.25) is 0 Å². The van der Waals surface area contributed by atoms with Crippen molar-refractivity contribution in [2.24, 2.45) is 5.73 Å². The third-order valence-electron chi connectivity index (χ3n) is 3.55. The van der Waals surface area contributed by atoms with Crippen molar-refractivity contribution >= 4 is 5.91 Å². The van der Waals surface area contributed by atoms with E-state index >= 15 is 0 Å². The van der Waals surface area contributed by atoms with Crippen LogP contribution in [0, 0.1) is 0 Å². The molecule has 0 spiro atoms. The summed E-state index contributed by atoms with van der Waals surface area (Å²) in [5.74, 6) is 1.14. The lowest BCUT2D eigenvalue weighted by molar-refractivity contribution is -0.119. The van der Waals surface area contributed by atoms with Crippen LogP contribution in [0.4, 0.5) is 0 Å². The lowest BCUT2D eigenvalue weighted by atomic mass is 10.2. The second kappa shape index (κ2) is 8.12. The van der Waals surface area contributed by atoms with Gasteiger partial charge in [0, 0.05) is 18.7 Å². The van der Waals surface area contributed by atoms with Crippen LogP contribution in [0.3, 0.4) is 0 Å². The summed E-state index contributed by atoms with van der Waals surface area (Å²) in [5, 5.41) is 3.68. The molecule has 2 N–H and O–H groups in total. The molecule has 0 aliphatic rings. The summed E-state index contributed by atoms with van der Waals surface area (Å²) in [5.41, 5.74) is 7.27. The van der Waals surface area contributed by atoms with E-state index in [9.17, 15) is 4.79 Å². The molecule has 6 heteroatoms. The molecule has 0 radical (unpaired) electrons. The van der Waals surface area contributed by atoms with E-state index in [0.29, 0.717) is 13.1 Å². The maximum absolute atomic E-state index is 11.4. The molecule has 128 valence electrons. The monoisotopic (exact) mass is 337 g/mol. The minimum Gasteiger partial charge on any atom is -0.457 e. The first-order valence-corrected chi connectivity index (χ1v) is 7.90. The molecule has 0 saturated carbocycles. The van der Waals surface area contributed by atoms with Gasteiger partial charge in [0.1, 0.15) is 17.8 Å². The van der Waals surface area contributed by atoms with E-state index in [0.717, 1.165) is 22.6 Å². The van der Waals surface area contributed by atoms with Crippen LogP contribution < -0.4 is 10.5 Å². The first-order chi connectivity index (χ1) is 12.2. The molecule has 3 rings (SSSR count). The van der Waals surface area contributed by atoms with Gasteiger partial charge in [-0.05, 0) is 29.8 Å². The first-order valence-electron chi connectivity index (χ1n) is 7.90. The molecule has 0 aliphatic carbocycles. The molecule has 2 aromatic carbocycles. The average molecular weight is 337 g/mol. The van der Waals surface area contributed by atoms with Crippen LogP contribution in [0.15, 0.2) is 71.6 Å². The van der Waals surface area contributed by atoms with E-state index in [1.807, 2.05) is 59.5 Å². The summed E-state index contributed by atoms with van der Waals surface area (Å²) in [6.07, 6.45) is 3.19. The van der Waals surface area contributed by atoms with E-state index in [-0.39, 0.29) is 12.5 Å². The summed E-state index contributed by atoms with van der Waals surface area (Å²) in [6.45, 7) is 1.23. The van der Waals surface area contributed by atoms with Crippen LogP contribution in [-0.4, -0.2) is 22.5 Å². The maximum Gasteiger partial charge on any atom is 0.231 e. The standard InChI is InChI=1S/C19H19N3O3/c20-19(23)13-22(12-16-10-21-24-14-16)11-15-5-4-8-18(9-15)25-17-6-2-1-3-7-17/h1-10,14H,11-13H2,(H2,20,23). The van der Waals surface area contributed by atoms with Gasteiger partial charge in [-0.1, -0.05) is 35.5 Å². The fourth-order valence-corrected chi connectivity index (χ4v) is 2.54. The number of rotatable bonds is 8. The highest BCUT2D eigenvalue weighted by molar-refractivity contribution is 5.75. The van der Waals surface area contributed by atoms with Gasteiger partial charge >= 0.3 is 0 Å². The van der Waals surface area contributed by atoms with Crippen molar-refractivity contribution in [1.82, 2.24) is 10.1 Å². The highest BCUT2D eigenvalue weighted by Gasteiger charge is 2.12. The van der Waals surface area contributed by atoms with Crippen LogP contribution in [0.25, 0.3) is 0 Å². The lowest BCUT2D eigenvalue weighted by Gasteiger charge is -2.20. The summed E-state index contributed by atoms with van der Waals surface area (Å²) >= 11 is 0. The van der Waals surface area contributed by atoms with E-state index < -0.39 is 0 Å². The normalized spacial score (nSPS) is 10.8. The molecule has 1 heterocycles. The molecule has 0 aliphatic heterocycles. The largest absolute Gasteiger partial charge is 0.457 e. The highest BCUT2D eigenvalue weighted by atomic mass is 16.5. The van der Waals surface area contributed by atoms with E-state index in [1.54, 1.807) is 12.5 Å². The molecule has 1 amide bonds. The molecule has 1 aromatic heterocycles. The van der Waals surface area contributed by atoms with Crippen molar-refractivity contribution in [2.45, 2.75) is 13.1 Å². The predicted octanol–water partition coefficient (Wildman–Crippen LogP) is 2.95. The summed E-state index contributed by atoms with van der Waals surface area (Å²) in [6, 6.07) is 17.4. The molecule has 6 nitrogen and oxygen atoms in total. The van der Waals surface area contributed by atoms with Gasteiger partial charge in [-0.3, -0.25) is 9.69 Å². The number of aromatic nitrogens is 1. The molecule has 0 fully saturated rings. The van der Waals surface area contributed by atoms with Crippen molar-refractivity contribution in [3.05, 3.63) is 78.2 Å². The Morgan fingerprint density at radius 3 is 2.52 bits per heavy atom. The number of carbonyl (C=O) groups excluding carboxylic acids is 1. The van der Waals surface area contributed by atoms with Crippen LogP contribution in [0.1, 0.15) is 11.1 Å². The topological polar surface area (TPSA) is 81.6 Å². The summed E-state index contributed by atoms with van der Waals surface area (Å²) < 4.78 is 10.7. The van der Waals surface area contributed by atoms with Crippen LogP contribution in [0.5, 0.6) is 11.5 Å². The van der Waals surface area contributed by atoms with Crippen LogP contribution >= 0.6 is 0 Å². The number of hydrogen-bond donors (Lipinski definition) is 1. The Balaban J connectivity index is 1.70. The van der Waals surface area contributed by atoms with E-state index in [1.165, 1.54) is 0 Å². The van der Waals surface area contributed by atoms with Crippen molar-refractivity contribution < 1.29 is 14.1 Å². The Labute approximate surface area is 145 Å². The zero-order valence-corrected chi connectivity index (χ0v) is 13.7. The molecular weight excluding hydrogens is 318 g/mol. The number of amides is 1. The minimum absolute atomic E-state index is 0.148. The third kappa shape index (κ3) is 5.19. The molecule has 3 aromatic rings. The average Bonchev–Trinajstić information content (AvgIpc) is 3.08. The van der Waals surface area contributed by atoms with Crippen molar-refractivity contribution in [1.29, 1.82) is 0 Å². The zero-order valence-electron chi connectivity index (χ0n) is 13.7. The van der Waals surface area contributed by atoms with Gasteiger partial charge in [0.25, 0.3) is 0 Å². The number of primary amides is 1. The lowest BCUT2D eigenvalue weighted by Crippen LogP contribution is -2.32. The van der Waals surface area contributed by atoms with Gasteiger partial charge in [0.15, 0.2) is 0 Å². The molecule has 0 bridgehead atoms. The Morgan fingerprint density at radius 1 is 1.04 bits per heavy atom. The molecule has 0 saturated heterocycles. The number of para-hydroxylation sites is 1. The van der Waals surface area contributed by atoms with E-state index in [2.05, 4.69) is 5.16 Å². The highest BCUT2D eigenvalue weighted by Crippen LogP contribution is 2.22. The van der Waals surface area contributed by atoms with Gasteiger partial charge in [-0.2, -0.15) is 0 Å². The Kier molecular flexibility index (Phi) is 5.43. The maximum atomic E-state index is 11.4. The first kappa shape index (κ1) is 16.7. The number of nitrogens with zero attached hydrogens (tertiary/aromatic N) is 2. The molecule has 0 unspecified atom stereocenters. The quantitative estimate of drug-likeness (QED) is 0.683. The summed E-state index contributed by atoms with van der Waals surface area (Å²) in [7, 11) is 0. The van der Waals surface area contributed by atoms with Gasteiger partial charge < -0.3 is 15.0 Å². The third-order valence-corrected chi connectivity index (χ3v) is 3.55. The fraction of sp³-hybridized carbons (Fsp3) is 0.158.